The van der Waals surface area contributed by atoms with E-state index in [0.29, 0.717) is 13.2 Å². The van der Waals surface area contributed by atoms with Gasteiger partial charge in [0.25, 0.3) is 0 Å². The molecule has 0 radical (unpaired) electrons. The van der Waals surface area contributed by atoms with Gasteiger partial charge in [0.05, 0.1) is 11.9 Å². The van der Waals surface area contributed by atoms with Gasteiger partial charge in [0.15, 0.2) is 0 Å². The van der Waals surface area contributed by atoms with Crippen LogP contribution in [0.4, 0.5) is 0 Å². The SMILES string of the molecule is COCC1(CNC(=O)C(C)SCc2ccccc2)CCNCC1.Cl. The van der Waals surface area contributed by atoms with Crippen LogP contribution >= 0.6 is 24.2 Å². The zero-order valence-corrected chi connectivity index (χ0v) is 16.2. The maximum absolute atomic E-state index is 12.4. The van der Waals surface area contributed by atoms with Gasteiger partial charge in [-0.1, -0.05) is 30.3 Å². The van der Waals surface area contributed by atoms with E-state index in [9.17, 15) is 4.79 Å². The summed E-state index contributed by atoms with van der Waals surface area (Å²) >= 11 is 1.68. The number of nitrogens with one attached hydrogen (secondary N) is 2. The first kappa shape index (κ1) is 21.3. The summed E-state index contributed by atoms with van der Waals surface area (Å²) in [5.41, 5.74) is 1.34. The maximum atomic E-state index is 12.4. The molecule has 1 aliphatic rings. The van der Waals surface area contributed by atoms with Crippen molar-refractivity contribution in [3.05, 3.63) is 35.9 Å². The van der Waals surface area contributed by atoms with Crippen LogP contribution in [0, 0.1) is 5.41 Å². The number of methoxy groups -OCH3 is 1. The summed E-state index contributed by atoms with van der Waals surface area (Å²) < 4.78 is 5.40. The van der Waals surface area contributed by atoms with Crippen LogP contribution in [0.1, 0.15) is 25.3 Å². The van der Waals surface area contributed by atoms with E-state index in [2.05, 4.69) is 22.8 Å². The first-order valence-electron chi connectivity index (χ1n) is 8.28. The lowest BCUT2D eigenvalue weighted by molar-refractivity contribution is -0.121. The average Bonchev–Trinajstić information content (AvgIpc) is 2.59. The van der Waals surface area contributed by atoms with E-state index in [1.54, 1.807) is 18.9 Å². The van der Waals surface area contributed by atoms with Crippen LogP contribution in [-0.2, 0) is 15.3 Å². The van der Waals surface area contributed by atoms with E-state index >= 15 is 0 Å². The Bertz CT molecular complexity index is 476. The highest BCUT2D eigenvalue weighted by atomic mass is 35.5. The molecule has 1 atom stereocenters. The van der Waals surface area contributed by atoms with Gasteiger partial charge < -0.3 is 15.4 Å². The summed E-state index contributed by atoms with van der Waals surface area (Å²) in [5, 5.41) is 6.48. The molecule has 0 bridgehead atoms. The topological polar surface area (TPSA) is 50.4 Å². The fraction of sp³-hybridized carbons (Fsp3) is 0.611. The first-order valence-corrected chi connectivity index (χ1v) is 9.33. The van der Waals surface area contributed by atoms with E-state index in [0.717, 1.165) is 31.7 Å². The number of thioether (sulfide) groups is 1. The van der Waals surface area contributed by atoms with Gasteiger partial charge in [0.2, 0.25) is 5.91 Å². The van der Waals surface area contributed by atoms with Crippen LogP contribution in [0.15, 0.2) is 30.3 Å². The first-order chi connectivity index (χ1) is 11.2. The predicted molar refractivity (Wildman–Crippen MR) is 104 cm³/mol. The summed E-state index contributed by atoms with van der Waals surface area (Å²) in [6.45, 7) is 5.39. The van der Waals surface area contributed by atoms with E-state index in [4.69, 9.17) is 4.74 Å². The van der Waals surface area contributed by atoms with Crippen LogP contribution in [0.2, 0.25) is 0 Å². The number of rotatable bonds is 8. The molecule has 1 amide bonds. The number of hydrogen-bond acceptors (Lipinski definition) is 4. The van der Waals surface area contributed by atoms with E-state index in [1.165, 1.54) is 5.56 Å². The van der Waals surface area contributed by atoms with Crippen molar-refractivity contribution in [1.82, 2.24) is 10.6 Å². The monoisotopic (exact) mass is 372 g/mol. The van der Waals surface area contributed by atoms with Crippen molar-refractivity contribution < 1.29 is 9.53 Å². The molecule has 24 heavy (non-hydrogen) atoms. The molecule has 2 rings (SSSR count). The second-order valence-corrected chi connectivity index (χ2v) is 7.67. The molecule has 6 heteroatoms. The molecule has 1 aromatic rings. The van der Waals surface area contributed by atoms with Gasteiger partial charge in [-0.15, -0.1) is 24.2 Å². The van der Waals surface area contributed by atoms with Gasteiger partial charge in [-0.25, -0.2) is 0 Å². The third-order valence-electron chi connectivity index (χ3n) is 4.46. The van der Waals surface area contributed by atoms with Crippen molar-refractivity contribution in [1.29, 1.82) is 0 Å². The van der Waals surface area contributed by atoms with Gasteiger partial charge in [0, 0.05) is 24.8 Å². The van der Waals surface area contributed by atoms with Crippen LogP contribution in [0.3, 0.4) is 0 Å². The van der Waals surface area contributed by atoms with Crippen molar-refractivity contribution in [2.24, 2.45) is 5.41 Å². The Hall–Kier alpha value is -0.750. The lowest BCUT2D eigenvalue weighted by Gasteiger charge is -2.37. The highest BCUT2D eigenvalue weighted by Crippen LogP contribution is 2.28. The number of piperidine rings is 1. The van der Waals surface area contributed by atoms with Gasteiger partial charge in [-0.2, -0.15) is 0 Å². The molecule has 1 aliphatic heterocycles. The molecule has 1 heterocycles. The molecule has 0 saturated carbocycles. The molecule has 4 nitrogen and oxygen atoms in total. The van der Waals surface area contributed by atoms with Gasteiger partial charge in [-0.3, -0.25) is 4.79 Å². The maximum Gasteiger partial charge on any atom is 0.232 e. The Labute approximate surface area is 155 Å². The highest BCUT2D eigenvalue weighted by molar-refractivity contribution is 7.99. The molecule has 1 aromatic carbocycles. The standard InChI is InChI=1S/C18H28N2O2S.ClH/c1-15(23-12-16-6-4-3-5-7-16)17(21)20-13-18(14-22-2)8-10-19-11-9-18;/h3-7,15,19H,8-14H2,1-2H3,(H,20,21);1H. The van der Waals surface area contributed by atoms with E-state index in [-0.39, 0.29) is 29.0 Å². The minimum Gasteiger partial charge on any atom is -0.384 e. The van der Waals surface area contributed by atoms with E-state index in [1.807, 2.05) is 25.1 Å². The van der Waals surface area contributed by atoms with Crippen LogP contribution in [0.5, 0.6) is 0 Å². The Kier molecular flexibility index (Phi) is 9.74. The quantitative estimate of drug-likeness (QED) is 0.736. The van der Waals surface area contributed by atoms with Crippen LogP contribution in [-0.4, -0.2) is 44.5 Å². The molecule has 136 valence electrons. The highest BCUT2D eigenvalue weighted by Gasteiger charge is 2.32. The Balaban J connectivity index is 0.00000288. The fourth-order valence-corrected chi connectivity index (χ4v) is 3.79. The number of hydrogen-bond donors (Lipinski definition) is 2. The van der Waals surface area contributed by atoms with Gasteiger partial charge >= 0.3 is 0 Å². The summed E-state index contributed by atoms with van der Waals surface area (Å²) in [4.78, 5) is 12.4. The normalized spacial score (nSPS) is 17.6. The van der Waals surface area contributed by atoms with Crippen molar-refractivity contribution in [2.45, 2.75) is 30.8 Å². The minimum absolute atomic E-state index is 0. The summed E-state index contributed by atoms with van der Waals surface area (Å²) in [6, 6.07) is 10.3. The molecule has 2 N–H and O–H groups in total. The van der Waals surface area contributed by atoms with Crippen molar-refractivity contribution in [3.8, 4) is 0 Å². The molecule has 0 aromatic heterocycles. The molecule has 1 saturated heterocycles. The van der Waals surface area contributed by atoms with Crippen LogP contribution < -0.4 is 10.6 Å². The molecular weight excluding hydrogens is 344 g/mol. The largest absolute Gasteiger partial charge is 0.384 e. The molecule has 1 unspecified atom stereocenters. The number of carbonyl (C=O) groups excluding carboxylic acids is 1. The lowest BCUT2D eigenvalue weighted by Crippen LogP contribution is -2.48. The summed E-state index contributed by atoms with van der Waals surface area (Å²) in [5.74, 6) is 0.989. The summed E-state index contributed by atoms with van der Waals surface area (Å²) in [7, 11) is 1.74. The molecule has 1 fully saturated rings. The molecule has 0 spiro atoms. The minimum atomic E-state index is -0.0449. The summed E-state index contributed by atoms with van der Waals surface area (Å²) in [6.07, 6.45) is 2.10. The molecule has 0 aliphatic carbocycles. The second-order valence-electron chi connectivity index (χ2n) is 6.34. The van der Waals surface area contributed by atoms with E-state index < -0.39 is 0 Å². The van der Waals surface area contributed by atoms with Gasteiger partial charge in [0.1, 0.15) is 0 Å². The third-order valence-corrected chi connectivity index (χ3v) is 5.68. The smallest absolute Gasteiger partial charge is 0.232 e. The third kappa shape index (κ3) is 6.63. The fourth-order valence-electron chi connectivity index (χ4n) is 2.92. The van der Waals surface area contributed by atoms with Gasteiger partial charge in [-0.05, 0) is 38.4 Å². The van der Waals surface area contributed by atoms with Crippen molar-refractivity contribution >= 4 is 30.1 Å². The predicted octanol–water partition coefficient (Wildman–Crippen LogP) is 2.86. The average molecular weight is 373 g/mol. The number of halogens is 1. The zero-order chi connectivity index (χ0) is 16.5. The number of carbonyl (C=O) groups is 1. The zero-order valence-electron chi connectivity index (χ0n) is 14.5. The molecular formula is C18H29ClN2O2S. The number of benzene rings is 1. The van der Waals surface area contributed by atoms with Crippen molar-refractivity contribution in [2.75, 3.05) is 33.4 Å². The lowest BCUT2D eigenvalue weighted by atomic mass is 9.79. The Morgan fingerprint density at radius 2 is 2.00 bits per heavy atom. The second kappa shape index (κ2) is 11.0. The van der Waals surface area contributed by atoms with Crippen LogP contribution in [0.25, 0.3) is 0 Å². The number of ether oxygens (including phenoxy) is 1. The Morgan fingerprint density at radius 3 is 2.62 bits per heavy atom. The number of amides is 1. The van der Waals surface area contributed by atoms with Crippen molar-refractivity contribution in [3.63, 3.8) is 0 Å². The Morgan fingerprint density at radius 1 is 1.33 bits per heavy atom.